The van der Waals surface area contributed by atoms with Crippen molar-refractivity contribution >= 4 is 27.6 Å². The topological polar surface area (TPSA) is 92.8 Å². The minimum atomic E-state index is -4.02. The van der Waals surface area contributed by atoms with Gasteiger partial charge in [0.25, 0.3) is 0 Å². The maximum absolute atomic E-state index is 13.4. The van der Waals surface area contributed by atoms with E-state index < -0.39 is 33.7 Å². The Balaban J connectivity index is 1.51. The van der Waals surface area contributed by atoms with Gasteiger partial charge in [-0.3, -0.25) is 9.59 Å². The highest BCUT2D eigenvalue weighted by atomic mass is 32.2. The van der Waals surface area contributed by atoms with Gasteiger partial charge in [0.1, 0.15) is 5.82 Å². The molecule has 1 saturated carbocycles. The van der Waals surface area contributed by atoms with Gasteiger partial charge in [-0.15, -0.1) is 0 Å². The number of sulfonamides is 1. The van der Waals surface area contributed by atoms with Crippen LogP contribution in [0.15, 0.2) is 77.7 Å². The van der Waals surface area contributed by atoms with Crippen LogP contribution in [0.5, 0.6) is 0 Å². The number of benzene rings is 3. The standard InChI is InChI=1S/C28H29FN2O5S/c1-3-36-27(33)28(16-17-28)22-8-12-24(13-9-22)30-26(32)19-31(18-21-6-10-23(29)11-7-21)37(34,35)25-14-4-20(2)5-15-25/h4-15H,3,16-19H2,1-2H3,(H,30,32). The highest BCUT2D eigenvalue weighted by Crippen LogP contribution is 2.49. The van der Waals surface area contributed by atoms with Crippen LogP contribution in [-0.2, 0) is 36.3 Å². The summed E-state index contributed by atoms with van der Waals surface area (Å²) in [5, 5.41) is 2.73. The molecule has 194 valence electrons. The average molecular weight is 525 g/mol. The first-order valence-corrected chi connectivity index (χ1v) is 13.5. The molecule has 0 atom stereocenters. The molecule has 0 aliphatic heterocycles. The van der Waals surface area contributed by atoms with Crippen LogP contribution in [-0.4, -0.2) is 37.8 Å². The molecule has 4 rings (SSSR count). The van der Waals surface area contributed by atoms with E-state index in [1.54, 1.807) is 43.3 Å². The van der Waals surface area contributed by atoms with E-state index in [9.17, 15) is 22.4 Å². The van der Waals surface area contributed by atoms with E-state index in [1.807, 2.05) is 6.92 Å². The summed E-state index contributed by atoms with van der Waals surface area (Å²) in [5.41, 5.74) is 2.13. The van der Waals surface area contributed by atoms with Crippen LogP contribution < -0.4 is 5.32 Å². The normalized spacial score (nSPS) is 14.3. The van der Waals surface area contributed by atoms with Gasteiger partial charge in [-0.2, -0.15) is 4.31 Å². The van der Waals surface area contributed by atoms with Crippen molar-refractivity contribution in [3.8, 4) is 0 Å². The molecule has 0 heterocycles. The van der Waals surface area contributed by atoms with Crippen molar-refractivity contribution in [2.24, 2.45) is 0 Å². The SMILES string of the molecule is CCOC(=O)C1(c2ccc(NC(=O)CN(Cc3ccc(F)cc3)S(=O)(=O)c3ccc(C)cc3)cc2)CC1. The molecule has 3 aromatic rings. The van der Waals surface area contributed by atoms with E-state index in [1.165, 1.54) is 36.4 Å². The van der Waals surface area contributed by atoms with Gasteiger partial charge in [-0.1, -0.05) is 42.0 Å². The number of ether oxygens (including phenoxy) is 1. The highest BCUT2D eigenvalue weighted by Gasteiger charge is 2.52. The van der Waals surface area contributed by atoms with Gasteiger partial charge >= 0.3 is 5.97 Å². The largest absolute Gasteiger partial charge is 0.465 e. The predicted molar refractivity (Wildman–Crippen MR) is 138 cm³/mol. The molecule has 1 amide bonds. The first-order valence-electron chi connectivity index (χ1n) is 12.0. The Morgan fingerprint density at radius 2 is 1.59 bits per heavy atom. The van der Waals surface area contributed by atoms with Crippen molar-refractivity contribution < 1.29 is 27.1 Å². The molecule has 37 heavy (non-hydrogen) atoms. The zero-order chi connectivity index (χ0) is 26.6. The minimum Gasteiger partial charge on any atom is -0.465 e. The van der Waals surface area contributed by atoms with E-state index in [0.29, 0.717) is 30.7 Å². The smallest absolute Gasteiger partial charge is 0.316 e. The van der Waals surface area contributed by atoms with Gasteiger partial charge in [-0.25, -0.2) is 12.8 Å². The molecular formula is C28H29FN2O5S. The third kappa shape index (κ3) is 6.06. The van der Waals surface area contributed by atoms with Crippen LogP contribution in [0.25, 0.3) is 0 Å². The van der Waals surface area contributed by atoms with Gasteiger partial charge in [0.05, 0.1) is 23.5 Å². The molecule has 0 radical (unpaired) electrons. The second-order valence-corrected chi connectivity index (χ2v) is 11.1. The Kier molecular flexibility index (Phi) is 7.75. The number of hydrogen-bond acceptors (Lipinski definition) is 5. The molecule has 0 bridgehead atoms. The number of carbonyl (C=O) groups is 2. The van der Waals surface area contributed by atoms with Crippen molar-refractivity contribution in [2.75, 3.05) is 18.5 Å². The van der Waals surface area contributed by atoms with Crippen molar-refractivity contribution in [2.45, 2.75) is 43.5 Å². The lowest BCUT2D eigenvalue weighted by molar-refractivity contribution is -0.146. The van der Waals surface area contributed by atoms with E-state index in [-0.39, 0.29) is 17.4 Å². The van der Waals surface area contributed by atoms with Gasteiger partial charge < -0.3 is 10.1 Å². The summed E-state index contributed by atoms with van der Waals surface area (Å²) in [6.45, 7) is 3.38. The van der Waals surface area contributed by atoms with Gasteiger partial charge in [0.15, 0.2) is 0 Å². The predicted octanol–water partition coefficient (Wildman–Crippen LogP) is 4.56. The molecule has 9 heteroatoms. The first kappa shape index (κ1) is 26.5. The molecule has 0 unspecified atom stereocenters. The van der Waals surface area contributed by atoms with Crippen LogP contribution in [0.1, 0.15) is 36.5 Å². The molecule has 7 nitrogen and oxygen atoms in total. The first-order chi connectivity index (χ1) is 17.6. The molecule has 0 spiro atoms. The summed E-state index contributed by atoms with van der Waals surface area (Å²) in [5.74, 6) is -1.21. The van der Waals surface area contributed by atoms with Crippen molar-refractivity contribution in [1.82, 2.24) is 4.31 Å². The third-order valence-electron chi connectivity index (χ3n) is 6.39. The average Bonchev–Trinajstić information content (AvgIpc) is 3.68. The molecular weight excluding hydrogens is 495 g/mol. The second-order valence-electron chi connectivity index (χ2n) is 9.14. The Hall–Kier alpha value is -3.56. The van der Waals surface area contributed by atoms with E-state index >= 15 is 0 Å². The second kappa shape index (κ2) is 10.8. The van der Waals surface area contributed by atoms with Crippen molar-refractivity contribution in [1.29, 1.82) is 0 Å². The summed E-state index contributed by atoms with van der Waals surface area (Å²) in [7, 11) is -4.02. The third-order valence-corrected chi connectivity index (χ3v) is 8.19. The summed E-state index contributed by atoms with van der Waals surface area (Å²) >= 11 is 0. The number of anilines is 1. The highest BCUT2D eigenvalue weighted by molar-refractivity contribution is 7.89. The lowest BCUT2D eigenvalue weighted by atomic mass is 9.96. The van der Waals surface area contributed by atoms with Crippen LogP contribution in [0, 0.1) is 12.7 Å². The Bertz CT molecular complexity index is 1370. The van der Waals surface area contributed by atoms with Crippen LogP contribution in [0.2, 0.25) is 0 Å². The zero-order valence-electron chi connectivity index (χ0n) is 20.7. The number of aryl methyl sites for hydroxylation is 1. The van der Waals surface area contributed by atoms with Crippen molar-refractivity contribution in [3.05, 3.63) is 95.3 Å². The maximum atomic E-state index is 13.4. The molecule has 1 N–H and O–H groups in total. The fraction of sp³-hybridized carbons (Fsp3) is 0.286. The van der Waals surface area contributed by atoms with Crippen molar-refractivity contribution in [3.63, 3.8) is 0 Å². The molecule has 1 fully saturated rings. The number of nitrogens with one attached hydrogen (secondary N) is 1. The Morgan fingerprint density at radius 1 is 0.973 bits per heavy atom. The van der Waals surface area contributed by atoms with Crippen LogP contribution in [0.3, 0.4) is 0 Å². The maximum Gasteiger partial charge on any atom is 0.316 e. The number of esters is 1. The number of hydrogen-bond donors (Lipinski definition) is 1. The Labute approximate surface area is 216 Å². The fourth-order valence-corrected chi connectivity index (χ4v) is 5.50. The zero-order valence-corrected chi connectivity index (χ0v) is 21.6. The summed E-state index contributed by atoms with van der Waals surface area (Å²) in [6, 6.07) is 18.8. The van der Waals surface area contributed by atoms with E-state index in [4.69, 9.17) is 4.74 Å². The Morgan fingerprint density at radius 3 is 2.16 bits per heavy atom. The molecule has 1 aliphatic carbocycles. The molecule has 0 saturated heterocycles. The van der Waals surface area contributed by atoms with Crippen LogP contribution >= 0.6 is 0 Å². The molecule has 3 aromatic carbocycles. The van der Waals surface area contributed by atoms with Crippen LogP contribution in [0.4, 0.5) is 10.1 Å². The number of amides is 1. The summed E-state index contributed by atoms with van der Waals surface area (Å²) < 4.78 is 46.5. The number of nitrogens with zero attached hydrogens (tertiary/aromatic N) is 1. The monoisotopic (exact) mass is 524 g/mol. The van der Waals surface area contributed by atoms with E-state index in [0.717, 1.165) is 15.4 Å². The molecule has 0 aromatic heterocycles. The van der Waals surface area contributed by atoms with Gasteiger partial charge in [0.2, 0.25) is 15.9 Å². The minimum absolute atomic E-state index is 0.0612. The van der Waals surface area contributed by atoms with Gasteiger partial charge in [-0.05, 0) is 74.2 Å². The summed E-state index contributed by atoms with van der Waals surface area (Å²) in [6.07, 6.45) is 1.43. The number of carbonyl (C=O) groups excluding carboxylic acids is 2. The lowest BCUT2D eigenvalue weighted by Crippen LogP contribution is -2.37. The van der Waals surface area contributed by atoms with Gasteiger partial charge in [0, 0.05) is 12.2 Å². The lowest BCUT2D eigenvalue weighted by Gasteiger charge is -2.22. The number of rotatable bonds is 10. The molecule has 1 aliphatic rings. The quantitative estimate of drug-likeness (QED) is 0.393. The fourth-order valence-electron chi connectivity index (χ4n) is 4.12. The number of halogens is 1. The van der Waals surface area contributed by atoms with E-state index in [2.05, 4.69) is 5.32 Å². The summed E-state index contributed by atoms with van der Waals surface area (Å²) in [4.78, 5) is 25.3.